The molecule has 0 spiro atoms. The molecule has 0 bridgehead atoms. The zero-order valence-electron chi connectivity index (χ0n) is 21.1. The van der Waals surface area contributed by atoms with Crippen LogP contribution in [0.25, 0.3) is 0 Å². The number of nitrogens with zero attached hydrogens (tertiary/aromatic N) is 6. The number of hydrogen-bond donors (Lipinski definition) is 2. The number of anilines is 3. The number of halogens is 2. The molecule has 1 amide bonds. The van der Waals surface area contributed by atoms with Crippen LogP contribution >= 0.6 is 27.0 Å². The smallest absolute Gasteiger partial charge is 0.252 e. The summed E-state index contributed by atoms with van der Waals surface area (Å²) in [5.41, 5.74) is 2.42. The third-order valence-electron chi connectivity index (χ3n) is 5.91. The van der Waals surface area contributed by atoms with Crippen molar-refractivity contribution in [2.75, 3.05) is 36.3 Å². The van der Waals surface area contributed by atoms with Gasteiger partial charge >= 0.3 is 0 Å². The Morgan fingerprint density at radius 1 is 1.16 bits per heavy atom. The predicted octanol–water partition coefficient (Wildman–Crippen LogP) is 2.32. The van der Waals surface area contributed by atoms with Crippen LogP contribution in [0.15, 0.2) is 24.5 Å². The highest BCUT2D eigenvalue weighted by Crippen LogP contribution is 2.36. The number of aliphatic hydroxyl groups excluding tert-OH is 1. The largest absolute Gasteiger partial charge is 0.491 e. The highest BCUT2D eigenvalue weighted by atomic mass is 32.1. The van der Waals surface area contributed by atoms with Gasteiger partial charge in [-0.1, -0.05) is 0 Å². The number of aliphatic hydroxyl groups is 1. The van der Waals surface area contributed by atoms with E-state index < -0.39 is 29.5 Å². The summed E-state index contributed by atoms with van der Waals surface area (Å²) in [4.78, 5) is 24.9. The summed E-state index contributed by atoms with van der Waals surface area (Å²) < 4.78 is 34.2. The van der Waals surface area contributed by atoms with Crippen molar-refractivity contribution in [3.63, 3.8) is 0 Å². The van der Waals surface area contributed by atoms with Gasteiger partial charge in [-0.3, -0.25) is 9.48 Å². The van der Waals surface area contributed by atoms with Gasteiger partial charge in [-0.2, -0.15) is 37.1 Å². The van der Waals surface area contributed by atoms with Crippen molar-refractivity contribution >= 4 is 50.4 Å². The molecule has 0 radical (unpaired) electrons. The van der Waals surface area contributed by atoms with Crippen LogP contribution in [0.4, 0.5) is 26.2 Å². The number of carbonyl (C=O) groups is 1. The number of benzene rings is 1. The first kappa shape index (κ1) is 30.1. The van der Waals surface area contributed by atoms with Gasteiger partial charge in [-0.05, 0) is 31.5 Å². The zero-order valence-corrected chi connectivity index (χ0v) is 23.1. The molecule has 2 aromatic heterocycles. The Balaban J connectivity index is 0.00000241. The number of aryl methyl sites for hydroxylation is 1. The van der Waals surface area contributed by atoms with Crippen LogP contribution in [0.5, 0.6) is 5.75 Å². The average molecular weight is 556 g/mol. The lowest BCUT2D eigenvalue weighted by Gasteiger charge is -2.40. The molecule has 0 aliphatic carbocycles. The molecule has 10 nitrogen and oxygen atoms in total. The summed E-state index contributed by atoms with van der Waals surface area (Å²) in [6, 6.07) is 1.68. The summed E-state index contributed by atoms with van der Waals surface area (Å²) in [5, 5.41) is 17.5. The van der Waals surface area contributed by atoms with Crippen LogP contribution in [0.2, 0.25) is 0 Å². The molecule has 0 fully saturated rings. The van der Waals surface area contributed by atoms with Crippen molar-refractivity contribution in [1.82, 2.24) is 19.7 Å². The fourth-order valence-electron chi connectivity index (χ4n) is 4.26. The summed E-state index contributed by atoms with van der Waals surface area (Å²) >= 11 is 0. The lowest BCUT2D eigenvalue weighted by Crippen LogP contribution is -2.56. The first-order valence-electron chi connectivity index (χ1n) is 10.9. The quantitative estimate of drug-likeness (QED) is 0.457. The van der Waals surface area contributed by atoms with Gasteiger partial charge in [-0.25, -0.2) is 13.8 Å². The Morgan fingerprint density at radius 3 is 2.41 bits per heavy atom. The van der Waals surface area contributed by atoms with Gasteiger partial charge in [0.05, 0.1) is 31.6 Å². The van der Waals surface area contributed by atoms with E-state index in [1.165, 1.54) is 24.1 Å². The Bertz CT molecular complexity index is 1250. The first-order valence-corrected chi connectivity index (χ1v) is 10.9. The van der Waals surface area contributed by atoms with E-state index in [-0.39, 0.29) is 39.4 Å². The summed E-state index contributed by atoms with van der Waals surface area (Å²) in [6.07, 6.45) is 2.50. The second kappa shape index (κ2) is 12.0. The number of carbonyl (C=O) groups excluding carboxylic acids is 1. The minimum absolute atomic E-state index is 0. The lowest BCUT2D eigenvalue weighted by molar-refractivity contribution is -0.122. The van der Waals surface area contributed by atoms with Gasteiger partial charge in [0.25, 0.3) is 5.91 Å². The highest BCUT2D eigenvalue weighted by Gasteiger charge is 2.39. The van der Waals surface area contributed by atoms with Gasteiger partial charge < -0.3 is 25.0 Å². The van der Waals surface area contributed by atoms with Crippen LogP contribution in [0.1, 0.15) is 23.7 Å². The molecule has 1 aromatic carbocycles. The Labute approximate surface area is 227 Å². The molecule has 3 heterocycles. The molecule has 14 heteroatoms. The van der Waals surface area contributed by atoms with Crippen molar-refractivity contribution in [2.45, 2.75) is 39.1 Å². The van der Waals surface area contributed by atoms with Gasteiger partial charge in [0.2, 0.25) is 5.95 Å². The number of aromatic nitrogens is 4. The Kier molecular flexibility index (Phi) is 9.74. The molecule has 1 aliphatic heterocycles. The number of fused-ring (bicyclic) bond motifs is 1. The van der Waals surface area contributed by atoms with E-state index in [1.807, 2.05) is 0 Å². The zero-order chi connectivity index (χ0) is 25.4. The van der Waals surface area contributed by atoms with Crippen molar-refractivity contribution in [1.29, 1.82) is 0 Å². The average Bonchev–Trinajstić information content (AvgIpc) is 3.22. The van der Waals surface area contributed by atoms with E-state index >= 15 is 0 Å². The van der Waals surface area contributed by atoms with Gasteiger partial charge in [0.1, 0.15) is 11.7 Å². The minimum atomic E-state index is -0.881. The molecule has 3 aromatic rings. The molecule has 0 unspecified atom stereocenters. The molecule has 0 saturated heterocycles. The van der Waals surface area contributed by atoms with Crippen molar-refractivity contribution in [2.24, 2.45) is 0 Å². The number of methoxy groups -OCH3 is 1. The number of nitrogens with one attached hydrogen (secondary N) is 1. The minimum Gasteiger partial charge on any atom is -0.491 e. The Morgan fingerprint density at radius 2 is 1.81 bits per heavy atom. The number of likely N-dealkylation sites (N-methyl/N-ethyl adjacent to an activating group) is 2. The molecule has 202 valence electrons. The normalized spacial score (nSPS) is 15.5. The van der Waals surface area contributed by atoms with Crippen LogP contribution < -0.4 is 19.9 Å². The fraction of sp³-hybridized carbons (Fsp3) is 0.391. The van der Waals surface area contributed by atoms with Crippen molar-refractivity contribution in [3.05, 3.63) is 53.0 Å². The number of hydrogen-bond acceptors (Lipinski definition) is 8. The molecule has 0 saturated carbocycles. The second-order valence-corrected chi connectivity index (χ2v) is 8.49. The third-order valence-corrected chi connectivity index (χ3v) is 5.91. The topological polar surface area (TPSA) is 109 Å². The van der Waals surface area contributed by atoms with Crippen LogP contribution in [-0.2, 0) is 17.9 Å². The SMILES string of the molecule is COc1c(F)cc(Cn2cc(CNc3nc(C)c4c(n3)N(C)[C@@H]([C@H](C)O)C(=O)N4C)cn2)cc1F.S.S. The summed E-state index contributed by atoms with van der Waals surface area (Å²) in [5.74, 6) is -1.30. The second-order valence-electron chi connectivity index (χ2n) is 8.49. The van der Waals surface area contributed by atoms with E-state index in [2.05, 4.69) is 20.4 Å². The van der Waals surface area contributed by atoms with Crippen LogP contribution in [0.3, 0.4) is 0 Å². The van der Waals surface area contributed by atoms with E-state index in [4.69, 9.17) is 4.74 Å². The summed E-state index contributed by atoms with van der Waals surface area (Å²) in [7, 11) is 4.57. The molecule has 4 rings (SSSR count). The van der Waals surface area contributed by atoms with Crippen molar-refractivity contribution in [3.8, 4) is 5.75 Å². The Hall–Kier alpha value is -3.10. The summed E-state index contributed by atoms with van der Waals surface area (Å²) in [6.45, 7) is 3.88. The fourth-order valence-corrected chi connectivity index (χ4v) is 4.26. The standard InChI is InChI=1S/C23H27F2N7O3.2H2S/c1-12-18-21(30(3)19(13(2)33)22(34)31(18)4)29-23(28-12)26-8-15-9-27-32(11-15)10-14-6-16(24)20(35-5)17(25)7-14;;/h6-7,9,11,13,19,33H,8,10H2,1-5H3,(H,26,28,29);2*1H2/t13-,19-;;/m0../s1. The van der Waals surface area contributed by atoms with Gasteiger partial charge in [-0.15, -0.1) is 0 Å². The van der Waals surface area contributed by atoms with Gasteiger partial charge in [0, 0.05) is 32.4 Å². The molecular weight excluding hydrogens is 524 g/mol. The van der Waals surface area contributed by atoms with E-state index in [1.54, 1.807) is 49.9 Å². The lowest BCUT2D eigenvalue weighted by atomic mass is 10.1. The molecule has 2 N–H and O–H groups in total. The third kappa shape index (κ3) is 5.91. The first-order chi connectivity index (χ1) is 16.6. The van der Waals surface area contributed by atoms with E-state index in [0.717, 1.165) is 5.56 Å². The van der Waals surface area contributed by atoms with Gasteiger partial charge in [0.15, 0.2) is 23.2 Å². The number of ether oxygens (including phenoxy) is 1. The van der Waals surface area contributed by atoms with E-state index in [0.29, 0.717) is 35.3 Å². The molecular formula is C23H31F2N7O3S2. The maximum absolute atomic E-state index is 14.0. The monoisotopic (exact) mass is 555 g/mol. The maximum atomic E-state index is 14.0. The molecule has 1 aliphatic rings. The highest BCUT2D eigenvalue weighted by molar-refractivity contribution is 7.59. The predicted molar refractivity (Wildman–Crippen MR) is 146 cm³/mol. The van der Waals surface area contributed by atoms with E-state index in [9.17, 15) is 18.7 Å². The van der Waals surface area contributed by atoms with Crippen LogP contribution in [0, 0.1) is 18.6 Å². The van der Waals surface area contributed by atoms with Crippen molar-refractivity contribution < 1.29 is 23.4 Å². The number of amides is 1. The molecule has 2 atom stereocenters. The van der Waals surface area contributed by atoms with Crippen LogP contribution in [-0.4, -0.2) is 64.1 Å². The number of rotatable bonds is 7. The molecule has 37 heavy (non-hydrogen) atoms. The maximum Gasteiger partial charge on any atom is 0.252 e.